The lowest BCUT2D eigenvalue weighted by molar-refractivity contribution is 1.20. The Bertz CT molecular complexity index is 1450. The lowest BCUT2D eigenvalue weighted by atomic mass is 9.92. The molecule has 2 aromatic heterocycles. The topological polar surface area (TPSA) is 25.8 Å². The lowest BCUT2D eigenvalue weighted by Crippen LogP contribution is -1.94. The van der Waals surface area contributed by atoms with Gasteiger partial charge in [-0.25, -0.2) is 0 Å². The first-order chi connectivity index (χ1) is 16.3. The van der Waals surface area contributed by atoms with Gasteiger partial charge in [0.2, 0.25) is 0 Å². The van der Waals surface area contributed by atoms with Crippen molar-refractivity contribution in [2.75, 3.05) is 0 Å². The van der Waals surface area contributed by atoms with E-state index in [9.17, 15) is 0 Å². The molecule has 0 amide bonds. The number of aromatic nitrogens is 2. The minimum absolute atomic E-state index is 0.843. The van der Waals surface area contributed by atoms with Crippen LogP contribution in [0.25, 0.3) is 44.1 Å². The van der Waals surface area contributed by atoms with E-state index in [1.54, 1.807) is 0 Å². The summed E-state index contributed by atoms with van der Waals surface area (Å²) < 4.78 is 0. The zero-order valence-electron chi connectivity index (χ0n) is 18.1. The summed E-state index contributed by atoms with van der Waals surface area (Å²) in [6, 6.07) is 38.5. The van der Waals surface area contributed by atoms with E-state index in [4.69, 9.17) is 0 Å². The van der Waals surface area contributed by atoms with Crippen LogP contribution in [0.5, 0.6) is 0 Å². The second-order valence-electron chi connectivity index (χ2n) is 8.34. The molecule has 33 heavy (non-hydrogen) atoms. The molecule has 2 heterocycles. The van der Waals surface area contributed by atoms with Crippen molar-refractivity contribution >= 4 is 21.5 Å². The molecule has 0 unspecified atom stereocenters. The monoisotopic (exact) mass is 422 g/mol. The highest BCUT2D eigenvalue weighted by Gasteiger charge is 2.11. The van der Waals surface area contributed by atoms with E-state index < -0.39 is 0 Å². The molecule has 0 saturated carbocycles. The van der Waals surface area contributed by atoms with Crippen molar-refractivity contribution in [2.24, 2.45) is 0 Å². The molecule has 0 bridgehead atoms. The van der Waals surface area contributed by atoms with Crippen molar-refractivity contribution in [1.29, 1.82) is 0 Å². The Kier molecular flexibility index (Phi) is 4.89. The van der Waals surface area contributed by atoms with Crippen LogP contribution in [0.2, 0.25) is 0 Å². The Morgan fingerprint density at radius 3 is 1.36 bits per heavy atom. The quantitative estimate of drug-likeness (QED) is 0.291. The summed E-state index contributed by atoms with van der Waals surface area (Å²) in [6.07, 6.45) is 4.56. The minimum atomic E-state index is 0.843. The number of fused-ring (bicyclic) bond motifs is 2. The molecule has 0 aliphatic heterocycles. The summed E-state index contributed by atoms with van der Waals surface area (Å²) in [5.74, 6) is 0. The summed E-state index contributed by atoms with van der Waals surface area (Å²) in [7, 11) is 0. The first-order valence-corrected chi connectivity index (χ1v) is 11.2. The van der Waals surface area contributed by atoms with E-state index in [0.29, 0.717) is 0 Å². The van der Waals surface area contributed by atoms with Gasteiger partial charge in [0.1, 0.15) is 0 Å². The van der Waals surface area contributed by atoms with Crippen molar-refractivity contribution in [3.63, 3.8) is 0 Å². The fourth-order valence-electron chi connectivity index (χ4n) is 4.65. The van der Waals surface area contributed by atoms with Crippen LogP contribution in [0, 0.1) is 0 Å². The second-order valence-corrected chi connectivity index (χ2v) is 8.34. The van der Waals surface area contributed by atoms with Crippen molar-refractivity contribution in [3.05, 3.63) is 133 Å². The maximum Gasteiger partial charge on any atom is 0.0708 e. The summed E-state index contributed by atoms with van der Waals surface area (Å²) in [4.78, 5) is 9.27. The molecule has 0 spiro atoms. The first kappa shape index (κ1) is 19.4. The van der Waals surface area contributed by atoms with E-state index >= 15 is 0 Å². The van der Waals surface area contributed by atoms with Crippen LogP contribution in [0.4, 0.5) is 0 Å². The summed E-state index contributed by atoms with van der Waals surface area (Å²) in [6.45, 7) is 0. The van der Waals surface area contributed by atoms with Gasteiger partial charge in [-0.1, -0.05) is 72.8 Å². The van der Waals surface area contributed by atoms with Crippen LogP contribution < -0.4 is 0 Å². The van der Waals surface area contributed by atoms with E-state index in [1.165, 1.54) is 43.8 Å². The molecule has 2 nitrogen and oxygen atoms in total. The Balaban J connectivity index is 1.50. The Labute approximate surface area is 193 Å². The van der Waals surface area contributed by atoms with Crippen LogP contribution in [0.15, 0.2) is 122 Å². The zero-order chi connectivity index (χ0) is 22.0. The van der Waals surface area contributed by atoms with Gasteiger partial charge in [-0.15, -0.1) is 0 Å². The number of pyridine rings is 2. The number of hydrogen-bond donors (Lipinski definition) is 0. The van der Waals surface area contributed by atoms with Gasteiger partial charge in [0.05, 0.1) is 11.4 Å². The van der Waals surface area contributed by atoms with Gasteiger partial charge < -0.3 is 0 Å². The van der Waals surface area contributed by atoms with Crippen molar-refractivity contribution in [1.82, 2.24) is 9.97 Å². The van der Waals surface area contributed by atoms with Gasteiger partial charge in [-0.2, -0.15) is 0 Å². The van der Waals surface area contributed by atoms with Crippen LogP contribution in [-0.4, -0.2) is 9.97 Å². The number of rotatable bonds is 4. The normalized spacial score (nSPS) is 11.2. The van der Waals surface area contributed by atoms with Gasteiger partial charge in [0.15, 0.2) is 0 Å². The van der Waals surface area contributed by atoms with Crippen LogP contribution in [-0.2, 0) is 6.42 Å². The number of nitrogens with zero attached hydrogens (tertiary/aromatic N) is 2. The predicted octanol–water partition coefficient (Wildman–Crippen LogP) is 7.71. The SMILES string of the molecule is c1ccc(-c2cc(Cc3cc(-c4ccccn4)c4ccccc4c3)cc3ccccc23)nc1. The third kappa shape index (κ3) is 3.77. The second kappa shape index (κ2) is 8.33. The highest BCUT2D eigenvalue weighted by Crippen LogP contribution is 2.33. The summed E-state index contributed by atoms with van der Waals surface area (Å²) in [5, 5.41) is 4.93. The fourth-order valence-corrected chi connectivity index (χ4v) is 4.65. The number of hydrogen-bond acceptors (Lipinski definition) is 2. The maximum absolute atomic E-state index is 4.63. The Morgan fingerprint density at radius 2 is 0.909 bits per heavy atom. The van der Waals surface area contributed by atoms with Gasteiger partial charge >= 0.3 is 0 Å². The molecule has 4 aromatic carbocycles. The molecular weight excluding hydrogens is 400 g/mol. The molecule has 6 aromatic rings. The predicted molar refractivity (Wildman–Crippen MR) is 137 cm³/mol. The van der Waals surface area contributed by atoms with Crippen LogP contribution in [0.1, 0.15) is 11.1 Å². The average Bonchev–Trinajstić information content (AvgIpc) is 2.89. The third-order valence-corrected chi connectivity index (χ3v) is 6.13. The average molecular weight is 423 g/mol. The Morgan fingerprint density at radius 1 is 0.455 bits per heavy atom. The van der Waals surface area contributed by atoms with Gasteiger partial charge in [-0.3, -0.25) is 9.97 Å². The molecule has 6 rings (SSSR count). The van der Waals surface area contributed by atoms with E-state index in [-0.39, 0.29) is 0 Å². The third-order valence-electron chi connectivity index (χ3n) is 6.13. The first-order valence-electron chi connectivity index (χ1n) is 11.2. The molecular formula is C31H22N2. The van der Waals surface area contributed by atoms with Gasteiger partial charge in [0, 0.05) is 23.5 Å². The standard InChI is InChI=1S/C31H22N2/c1-3-11-26-24(9-1)18-22(20-28(26)30-13-5-7-15-32-30)17-23-19-25-10-2-4-12-27(25)29(21-23)31-14-6-8-16-33-31/h1-16,18-21H,17H2. The van der Waals surface area contributed by atoms with E-state index in [0.717, 1.165) is 17.8 Å². The molecule has 0 atom stereocenters. The molecule has 0 fully saturated rings. The Hall–Kier alpha value is -4.30. The minimum Gasteiger partial charge on any atom is -0.256 e. The van der Waals surface area contributed by atoms with Crippen molar-refractivity contribution in [2.45, 2.75) is 6.42 Å². The van der Waals surface area contributed by atoms with Crippen LogP contribution in [0.3, 0.4) is 0 Å². The molecule has 0 aliphatic carbocycles. The molecule has 0 radical (unpaired) electrons. The smallest absolute Gasteiger partial charge is 0.0708 e. The van der Waals surface area contributed by atoms with Crippen LogP contribution >= 0.6 is 0 Å². The summed E-state index contributed by atoms with van der Waals surface area (Å²) in [5.41, 5.74) is 6.91. The van der Waals surface area contributed by atoms with E-state index in [1.807, 2.05) is 36.7 Å². The molecule has 0 aliphatic rings. The zero-order valence-corrected chi connectivity index (χ0v) is 18.1. The van der Waals surface area contributed by atoms with E-state index in [2.05, 4.69) is 94.9 Å². The highest BCUT2D eigenvalue weighted by atomic mass is 14.7. The van der Waals surface area contributed by atoms with Gasteiger partial charge in [0.25, 0.3) is 0 Å². The molecule has 0 N–H and O–H groups in total. The fraction of sp³-hybridized carbons (Fsp3) is 0.0323. The van der Waals surface area contributed by atoms with Crippen molar-refractivity contribution in [3.8, 4) is 22.5 Å². The van der Waals surface area contributed by atoms with Gasteiger partial charge in [-0.05, 0) is 75.5 Å². The largest absolute Gasteiger partial charge is 0.256 e. The number of benzene rings is 4. The molecule has 0 saturated heterocycles. The lowest BCUT2D eigenvalue weighted by Gasteiger charge is -2.13. The maximum atomic E-state index is 4.63. The summed E-state index contributed by atoms with van der Waals surface area (Å²) >= 11 is 0. The van der Waals surface area contributed by atoms with Crippen molar-refractivity contribution < 1.29 is 0 Å². The molecule has 156 valence electrons. The highest BCUT2D eigenvalue weighted by molar-refractivity contribution is 5.98. The molecule has 2 heteroatoms.